The number of fused-ring (bicyclic) bond motifs is 2. The molecule has 2 aliphatic rings. The number of nitrogen functional groups attached to an aromatic ring is 1. The standard InChI is InChI=1S/C30H33FN6O2S.2C3H8.C2H6O.C2H6.C2H2.K/c1-16-10-20(30(35-12-17(2)33)36-15-39-18(3)25-6-5-9-37(25)4)22-13-38-14-23(22)26(16)19-7-8-24(31)28-27(19)21(11-32)29(34)40-28;2*1-3-2;1-2-3;2*1-2;/h7-8,15,18,25,33H,5-6,9,12-14,34H2,1-4H3,(H,35,36);2*3H2,1-2H3;3H,2H2,1H3;1-2H3;1-2H;/q-2;;;;;;+1. The number of aliphatic hydroxyl groups is 1. The number of rotatable bonds is 8. The molecular formula is C42H63FKN6O3S-. The minimum absolute atomic E-state index is 0. The molecule has 0 radical (unpaired) electrons. The largest absolute Gasteiger partial charge is 1.00 e. The second-order valence-electron chi connectivity index (χ2n) is 12.2. The van der Waals surface area contributed by atoms with Crippen LogP contribution in [0.2, 0.25) is 0 Å². The van der Waals surface area contributed by atoms with Crippen LogP contribution in [0, 0.1) is 55.1 Å². The van der Waals surface area contributed by atoms with Gasteiger partial charge in [0.15, 0.2) is 0 Å². The third-order valence-corrected chi connectivity index (χ3v) is 8.71. The summed E-state index contributed by atoms with van der Waals surface area (Å²) in [5, 5.41) is 29.4. The molecule has 1 saturated heterocycles. The van der Waals surface area contributed by atoms with E-state index in [2.05, 4.69) is 81.9 Å². The van der Waals surface area contributed by atoms with Crippen molar-refractivity contribution in [2.75, 3.05) is 32.5 Å². The molecule has 5 rings (SSSR count). The summed E-state index contributed by atoms with van der Waals surface area (Å²) in [6, 6.07) is 9.11. The number of halogens is 1. The number of aryl methyl sites for hydroxylation is 1. The molecule has 1 aromatic heterocycles. The zero-order chi connectivity index (χ0) is 40.7. The normalized spacial score (nSPS) is 14.6. The van der Waals surface area contributed by atoms with Gasteiger partial charge in [-0.2, -0.15) is 5.26 Å². The van der Waals surface area contributed by atoms with Gasteiger partial charge < -0.3 is 40.9 Å². The molecule has 0 spiro atoms. The topological polar surface area (TPSA) is 140 Å². The maximum Gasteiger partial charge on any atom is 1.00 e. The number of terminal acetylenes is 1. The summed E-state index contributed by atoms with van der Waals surface area (Å²) in [5.41, 5.74) is 11.8. The second-order valence-corrected chi connectivity index (χ2v) is 13.2. The van der Waals surface area contributed by atoms with Crippen LogP contribution in [0.4, 0.5) is 9.39 Å². The van der Waals surface area contributed by atoms with Crippen molar-refractivity contribution < 1.29 is 70.4 Å². The number of aliphatic imine (C=N–C) groups is 1. The molecule has 9 nitrogen and oxygen atoms in total. The molecule has 2 aliphatic heterocycles. The predicted molar refractivity (Wildman–Crippen MR) is 223 cm³/mol. The quantitative estimate of drug-likeness (QED) is 0.0681. The molecule has 1 fully saturated rings. The fourth-order valence-corrected chi connectivity index (χ4v) is 6.67. The summed E-state index contributed by atoms with van der Waals surface area (Å²) < 4.78 is 27.0. The first-order valence-electron chi connectivity index (χ1n) is 18.5. The van der Waals surface area contributed by atoms with Gasteiger partial charge in [-0.3, -0.25) is 0 Å². The van der Waals surface area contributed by atoms with Crippen LogP contribution in [0.1, 0.15) is 116 Å². The van der Waals surface area contributed by atoms with Crippen LogP contribution in [0.25, 0.3) is 21.2 Å². The van der Waals surface area contributed by atoms with E-state index in [-0.39, 0.29) is 69.7 Å². The number of thiophene rings is 1. The number of nitrogens with two attached hydrogens (primary N) is 1. The Morgan fingerprint density at radius 3 is 2.33 bits per heavy atom. The molecular weight excluding hydrogens is 727 g/mol. The van der Waals surface area contributed by atoms with Gasteiger partial charge >= 0.3 is 51.4 Å². The first-order valence-corrected chi connectivity index (χ1v) is 19.3. The van der Waals surface area contributed by atoms with Crippen LogP contribution in [0.3, 0.4) is 0 Å². The van der Waals surface area contributed by atoms with Crippen LogP contribution < -0.4 is 62.4 Å². The van der Waals surface area contributed by atoms with Crippen LogP contribution in [-0.4, -0.2) is 60.4 Å². The molecule has 3 heterocycles. The van der Waals surface area contributed by atoms with Crippen LogP contribution in [0.15, 0.2) is 17.1 Å². The van der Waals surface area contributed by atoms with E-state index in [1.807, 2.05) is 20.8 Å². The molecule has 0 bridgehead atoms. The van der Waals surface area contributed by atoms with E-state index >= 15 is 0 Å². The van der Waals surface area contributed by atoms with Gasteiger partial charge in [-0.05, 0) is 65.6 Å². The van der Waals surface area contributed by atoms with Gasteiger partial charge in [0.05, 0.1) is 23.0 Å². The van der Waals surface area contributed by atoms with Gasteiger partial charge in [0.1, 0.15) is 16.9 Å². The number of likely N-dealkylation sites (tertiary alicyclic amines) is 1. The summed E-state index contributed by atoms with van der Waals surface area (Å²) in [6.45, 7) is 23.7. The van der Waals surface area contributed by atoms with Crippen molar-refractivity contribution in [1.29, 1.82) is 10.7 Å². The Kier molecular flexibility index (Phi) is 29.8. The van der Waals surface area contributed by atoms with Crippen molar-refractivity contribution in [3.63, 3.8) is 0 Å². The van der Waals surface area contributed by atoms with E-state index in [9.17, 15) is 9.65 Å². The Morgan fingerprint density at radius 2 is 1.81 bits per heavy atom. The molecule has 0 saturated carbocycles. The summed E-state index contributed by atoms with van der Waals surface area (Å²) in [4.78, 5) is 6.98. The molecule has 5 N–H and O–H groups in total. The van der Waals surface area contributed by atoms with E-state index in [4.69, 9.17) is 25.7 Å². The maximum absolute atomic E-state index is 14.8. The van der Waals surface area contributed by atoms with E-state index < -0.39 is 5.82 Å². The molecule has 0 aliphatic carbocycles. The summed E-state index contributed by atoms with van der Waals surface area (Å²) >= 11 is 1.08. The molecule has 0 amide bonds. The first-order chi connectivity index (χ1) is 25.4. The van der Waals surface area contributed by atoms with Crippen molar-refractivity contribution in [1.82, 2.24) is 10.2 Å². The minimum Gasteiger partial charge on any atom is -0.419 e. The number of likely N-dealkylation sites (N-methyl/N-ethyl adjacent to an activating group) is 1. The first kappa shape index (κ1) is 53.8. The number of nitriles is 1. The smallest absolute Gasteiger partial charge is 0.419 e. The van der Waals surface area contributed by atoms with Crippen molar-refractivity contribution in [2.24, 2.45) is 4.99 Å². The van der Waals surface area contributed by atoms with Crippen LogP contribution in [0.5, 0.6) is 0 Å². The van der Waals surface area contributed by atoms with Gasteiger partial charge in [-0.25, -0.2) is 4.39 Å². The zero-order valence-corrected chi connectivity index (χ0v) is 38.8. The Labute approximate surface area is 372 Å². The number of hydrogen-bond donors (Lipinski definition) is 4. The number of ether oxygens (including phenoxy) is 2. The molecule has 54 heavy (non-hydrogen) atoms. The third-order valence-electron chi connectivity index (χ3n) is 7.68. The minimum atomic E-state index is -0.405. The van der Waals surface area contributed by atoms with Crippen LogP contribution >= 0.6 is 11.3 Å². The number of aliphatic hydroxyl groups excluding tert-OH is 1. The molecule has 12 heteroatoms. The SMILES string of the molecule is C#C.CC.CC(=N)CN/C(=N/[CH-]OC(C)C1CCCN1C)c1[c-]c(C)c(-c2ccc(F)c3sc(N)c(C#N)c23)c2c1COC2.CCC.CCC.CCO.[K+]. The molecule has 2 unspecified atom stereocenters. The van der Waals surface area contributed by atoms with Gasteiger partial charge in [0.25, 0.3) is 0 Å². The number of hydrogen-bond acceptors (Lipinski definition) is 9. The fourth-order valence-electron chi connectivity index (χ4n) is 5.72. The van der Waals surface area contributed by atoms with E-state index in [0.717, 1.165) is 64.1 Å². The van der Waals surface area contributed by atoms with Crippen molar-refractivity contribution >= 4 is 38.0 Å². The summed E-state index contributed by atoms with van der Waals surface area (Å²) in [7, 11) is 2.11. The average Bonchev–Trinajstić information content (AvgIpc) is 3.88. The number of benzene rings is 2. The number of anilines is 1. The zero-order valence-electron chi connectivity index (χ0n) is 34.9. The Balaban J connectivity index is 0. The predicted octanol–water partition coefficient (Wildman–Crippen LogP) is 6.41. The van der Waals surface area contributed by atoms with E-state index in [1.165, 1.54) is 25.6 Å². The van der Waals surface area contributed by atoms with Crippen molar-refractivity contribution in [3.8, 4) is 30.0 Å². The Bertz CT molecular complexity index is 1650. The average molecular weight is 790 g/mol. The second kappa shape index (κ2) is 29.9. The summed E-state index contributed by atoms with van der Waals surface area (Å²) in [5.74, 6) is 0.133. The van der Waals surface area contributed by atoms with Crippen molar-refractivity contribution in [3.05, 3.63) is 58.6 Å². The third kappa shape index (κ3) is 15.3. The summed E-state index contributed by atoms with van der Waals surface area (Å²) in [6.07, 6.45) is 12.7. The van der Waals surface area contributed by atoms with Gasteiger partial charge in [-0.15, -0.1) is 41.4 Å². The Morgan fingerprint density at radius 1 is 1.24 bits per heavy atom. The van der Waals surface area contributed by atoms with Gasteiger partial charge in [-0.1, -0.05) is 84.1 Å². The molecule has 3 aromatic rings. The number of amidine groups is 1. The number of nitrogens with zero attached hydrogens (tertiary/aromatic N) is 3. The van der Waals surface area contributed by atoms with E-state index in [0.29, 0.717) is 52.4 Å². The van der Waals surface area contributed by atoms with Gasteiger partial charge in [0, 0.05) is 42.7 Å². The fraction of sp³-hybridized carbons (Fsp3) is 0.524. The molecule has 2 atom stereocenters. The van der Waals surface area contributed by atoms with E-state index in [1.54, 1.807) is 19.9 Å². The monoisotopic (exact) mass is 789 g/mol. The van der Waals surface area contributed by atoms with Crippen LogP contribution in [-0.2, 0) is 22.7 Å². The number of nitrogens with one attached hydrogen (secondary N) is 2. The molecule has 2 aromatic carbocycles. The van der Waals surface area contributed by atoms with Crippen molar-refractivity contribution in [2.45, 2.75) is 120 Å². The molecule has 294 valence electrons. The maximum atomic E-state index is 14.8. The Hall–Kier alpha value is -2.33. The van der Waals surface area contributed by atoms with Gasteiger partial charge in [0.2, 0.25) is 0 Å².